The van der Waals surface area contributed by atoms with E-state index in [-0.39, 0.29) is 31.7 Å². The van der Waals surface area contributed by atoms with Gasteiger partial charge in [0.25, 0.3) is 0 Å². The van der Waals surface area contributed by atoms with Crippen molar-refractivity contribution in [3.8, 4) is 6.07 Å². The summed E-state index contributed by atoms with van der Waals surface area (Å²) in [4.78, 5) is 10.7. The topological polar surface area (TPSA) is 106 Å². The molecule has 8 heteroatoms. The minimum absolute atomic E-state index is 0.0278. The Morgan fingerprint density at radius 1 is 1.20 bits per heavy atom. The molecule has 0 amide bonds. The quantitative estimate of drug-likeness (QED) is 0.405. The number of nitrogens with zero attached hydrogens (tertiary/aromatic N) is 2. The number of rotatable bonds is 10. The summed E-state index contributed by atoms with van der Waals surface area (Å²) >= 11 is 0. The van der Waals surface area contributed by atoms with E-state index < -0.39 is 20.8 Å². The van der Waals surface area contributed by atoms with Crippen LogP contribution in [0.25, 0.3) is 0 Å². The van der Waals surface area contributed by atoms with E-state index in [1.54, 1.807) is 4.67 Å². The molecule has 0 rings (SSSR count). The Morgan fingerprint density at radius 3 is 2.15 bits per heavy atom. The summed E-state index contributed by atoms with van der Waals surface area (Å²) in [5.41, 5.74) is 0. The third-order valence-electron chi connectivity index (χ3n) is 2.62. The van der Waals surface area contributed by atoms with Gasteiger partial charge in [-0.15, -0.1) is 0 Å². The molecule has 0 saturated carbocycles. The molecule has 0 aliphatic heterocycles. The molecular formula is C12H27N2O5P. The minimum atomic E-state index is -3.71. The molecule has 7 nitrogen and oxygen atoms in total. The van der Waals surface area contributed by atoms with Crippen LogP contribution in [0.1, 0.15) is 34.1 Å². The SMILES string of the molecule is CC(C)N(C(C)C)[PH](O)(OCCC#N)OCC(O)CO. The second-order valence-electron chi connectivity index (χ2n) is 5.05. The van der Waals surface area contributed by atoms with Crippen molar-refractivity contribution in [3.05, 3.63) is 0 Å². The van der Waals surface area contributed by atoms with Crippen molar-refractivity contribution < 1.29 is 24.2 Å². The summed E-state index contributed by atoms with van der Waals surface area (Å²) in [6.07, 6.45) is -0.930. The Kier molecular flexibility index (Phi) is 9.43. The molecule has 0 aromatic carbocycles. The van der Waals surface area contributed by atoms with Gasteiger partial charge in [-0.1, -0.05) is 0 Å². The number of hydrogen-bond donors (Lipinski definition) is 3. The molecule has 0 aromatic heterocycles. The van der Waals surface area contributed by atoms with Crippen molar-refractivity contribution in [2.24, 2.45) is 0 Å². The van der Waals surface area contributed by atoms with Gasteiger partial charge in [0.2, 0.25) is 0 Å². The van der Waals surface area contributed by atoms with Gasteiger partial charge in [0.15, 0.2) is 0 Å². The first kappa shape index (κ1) is 19.7. The molecule has 20 heavy (non-hydrogen) atoms. The normalized spacial score (nSPS) is 14.8. The molecule has 0 aliphatic carbocycles. The fourth-order valence-electron chi connectivity index (χ4n) is 1.93. The van der Waals surface area contributed by atoms with Crippen LogP contribution in [0.3, 0.4) is 0 Å². The van der Waals surface area contributed by atoms with Gasteiger partial charge in [-0.2, -0.15) is 0 Å². The van der Waals surface area contributed by atoms with Crippen LogP contribution in [0.15, 0.2) is 0 Å². The fraction of sp³-hybridized carbons (Fsp3) is 0.917. The molecule has 0 heterocycles. The van der Waals surface area contributed by atoms with Gasteiger partial charge < -0.3 is 0 Å². The van der Waals surface area contributed by atoms with Gasteiger partial charge in [0.05, 0.1) is 0 Å². The van der Waals surface area contributed by atoms with Crippen molar-refractivity contribution in [2.45, 2.75) is 52.3 Å². The van der Waals surface area contributed by atoms with Crippen LogP contribution in [0.2, 0.25) is 0 Å². The van der Waals surface area contributed by atoms with Crippen LogP contribution >= 0.6 is 8.09 Å². The zero-order valence-corrected chi connectivity index (χ0v) is 13.6. The van der Waals surface area contributed by atoms with Gasteiger partial charge in [-0.05, 0) is 0 Å². The van der Waals surface area contributed by atoms with Crippen LogP contribution in [0.5, 0.6) is 0 Å². The third kappa shape index (κ3) is 6.42. The van der Waals surface area contributed by atoms with E-state index in [9.17, 15) is 10.00 Å². The summed E-state index contributed by atoms with van der Waals surface area (Å²) in [5, 5.41) is 26.7. The first-order valence-electron chi connectivity index (χ1n) is 6.73. The Hall–Kier alpha value is -0.320. The van der Waals surface area contributed by atoms with Crippen LogP contribution in [-0.4, -0.2) is 57.8 Å². The summed E-state index contributed by atoms with van der Waals surface area (Å²) in [5.74, 6) is 0. The first-order chi connectivity index (χ1) is 9.28. The van der Waals surface area contributed by atoms with Gasteiger partial charge in [-0.3, -0.25) is 0 Å². The fourth-order valence-corrected chi connectivity index (χ4v) is 4.39. The zero-order chi connectivity index (χ0) is 15.8. The van der Waals surface area contributed by atoms with E-state index in [2.05, 4.69) is 0 Å². The molecule has 0 saturated heterocycles. The van der Waals surface area contributed by atoms with E-state index in [1.807, 2.05) is 33.8 Å². The predicted octanol–water partition coefficient (Wildman–Crippen LogP) is 0.807. The van der Waals surface area contributed by atoms with Crippen molar-refractivity contribution >= 4 is 8.09 Å². The zero-order valence-electron chi connectivity index (χ0n) is 12.6. The Labute approximate surface area is 121 Å². The standard InChI is InChI=1S/C12H27N2O5P/c1-10(2)14(11(3)4)20(17,18-7-5-6-13)19-9-12(16)8-15/h10-12,15-17,20H,5,7-9H2,1-4H3. The molecule has 120 valence electrons. The van der Waals surface area contributed by atoms with Crippen molar-refractivity contribution in [3.63, 3.8) is 0 Å². The van der Waals surface area contributed by atoms with Crippen LogP contribution in [0, 0.1) is 11.3 Å². The molecule has 0 radical (unpaired) electrons. The van der Waals surface area contributed by atoms with Crippen molar-refractivity contribution in [1.82, 2.24) is 4.67 Å². The first-order valence-corrected chi connectivity index (χ1v) is 8.44. The maximum atomic E-state index is 10.7. The van der Waals surface area contributed by atoms with Crippen molar-refractivity contribution in [2.75, 3.05) is 19.8 Å². The van der Waals surface area contributed by atoms with Gasteiger partial charge in [0, 0.05) is 0 Å². The summed E-state index contributed by atoms with van der Waals surface area (Å²) in [6.45, 7) is 6.99. The Morgan fingerprint density at radius 2 is 1.75 bits per heavy atom. The van der Waals surface area contributed by atoms with Crippen LogP contribution < -0.4 is 0 Å². The molecule has 1 atom stereocenters. The summed E-state index contributed by atoms with van der Waals surface area (Å²) in [7, 11) is -3.71. The van der Waals surface area contributed by atoms with E-state index >= 15 is 0 Å². The maximum absolute atomic E-state index is 10.7. The Balaban J connectivity index is 4.95. The molecule has 3 N–H and O–H groups in total. The Bertz CT molecular complexity index is 303. The number of hydrogen-bond acceptors (Lipinski definition) is 7. The number of aliphatic hydroxyl groups excluding tert-OH is 2. The second-order valence-corrected chi connectivity index (χ2v) is 7.24. The molecule has 1 unspecified atom stereocenters. The van der Waals surface area contributed by atoms with E-state index in [4.69, 9.17) is 19.4 Å². The molecule has 0 aromatic rings. The van der Waals surface area contributed by atoms with Gasteiger partial charge in [-0.25, -0.2) is 0 Å². The van der Waals surface area contributed by atoms with E-state index in [0.29, 0.717) is 0 Å². The van der Waals surface area contributed by atoms with Crippen molar-refractivity contribution in [1.29, 1.82) is 5.26 Å². The molecule has 0 fully saturated rings. The molecular weight excluding hydrogens is 283 g/mol. The molecule has 0 bridgehead atoms. The van der Waals surface area contributed by atoms with Crippen LogP contribution in [0.4, 0.5) is 0 Å². The summed E-state index contributed by atoms with van der Waals surface area (Å²) < 4.78 is 12.5. The monoisotopic (exact) mass is 310 g/mol. The average molecular weight is 310 g/mol. The number of aliphatic hydroxyl groups is 2. The average Bonchev–Trinajstić information content (AvgIpc) is 2.35. The molecule has 0 aliphatic rings. The van der Waals surface area contributed by atoms with Crippen LogP contribution in [-0.2, 0) is 9.05 Å². The summed E-state index contributed by atoms with van der Waals surface area (Å²) in [6, 6.07) is 1.88. The predicted molar refractivity (Wildman–Crippen MR) is 77.9 cm³/mol. The van der Waals surface area contributed by atoms with Gasteiger partial charge in [0.1, 0.15) is 0 Å². The number of nitriles is 1. The van der Waals surface area contributed by atoms with Gasteiger partial charge >= 0.3 is 120 Å². The second kappa shape index (κ2) is 9.59. The van der Waals surface area contributed by atoms with E-state index in [0.717, 1.165) is 0 Å². The third-order valence-corrected chi connectivity index (χ3v) is 5.43. The van der Waals surface area contributed by atoms with E-state index in [1.165, 1.54) is 0 Å². The molecule has 0 spiro atoms.